The van der Waals surface area contributed by atoms with Crippen molar-refractivity contribution >= 4 is 0 Å². The van der Waals surface area contributed by atoms with E-state index in [1.807, 2.05) is 6.92 Å². The number of methoxy groups -OCH3 is 1. The van der Waals surface area contributed by atoms with Gasteiger partial charge >= 0.3 is 0 Å². The fraction of sp³-hybridized carbons (Fsp3) is 0.739. The number of aromatic hydroxyl groups is 1. The van der Waals surface area contributed by atoms with Crippen molar-refractivity contribution in [3.8, 4) is 11.5 Å². The number of rotatable bonds is 4. The van der Waals surface area contributed by atoms with Gasteiger partial charge in [-0.25, -0.2) is 0 Å². The van der Waals surface area contributed by atoms with E-state index in [1.165, 1.54) is 11.1 Å². The van der Waals surface area contributed by atoms with Crippen LogP contribution < -0.4 is 4.74 Å². The summed E-state index contributed by atoms with van der Waals surface area (Å²) >= 11 is 0. The van der Waals surface area contributed by atoms with Crippen molar-refractivity contribution in [3.63, 3.8) is 0 Å². The molecule has 2 heterocycles. The van der Waals surface area contributed by atoms with Gasteiger partial charge in [-0.2, -0.15) is 0 Å². The lowest BCUT2D eigenvalue weighted by Crippen LogP contribution is -2.70. The molecular formula is C23H33NO4. The number of piperidine rings is 1. The van der Waals surface area contributed by atoms with E-state index < -0.39 is 5.60 Å². The molecule has 28 heavy (non-hydrogen) atoms. The summed E-state index contributed by atoms with van der Waals surface area (Å²) in [6.45, 7) is 5.12. The number of phenolic OH excluding ortho intramolecular Hbond substituents is 1. The van der Waals surface area contributed by atoms with Crippen LogP contribution in [0.3, 0.4) is 0 Å². The SMILES string of the molecule is CCCC(C)(O)[C@H]1CC2[C@H]3Cc4ccc(O)c5c4[C@@]2(CCN3C)[C@@H](O5)C1OC. The minimum atomic E-state index is -0.787. The Morgan fingerprint density at radius 2 is 2.18 bits per heavy atom. The zero-order chi connectivity index (χ0) is 19.8. The number of likely N-dealkylation sites (N-methyl/N-ethyl adjacent to an activating group) is 1. The highest BCUT2D eigenvalue weighted by molar-refractivity contribution is 5.60. The van der Waals surface area contributed by atoms with Crippen molar-refractivity contribution in [3.05, 3.63) is 23.3 Å². The van der Waals surface area contributed by atoms with Crippen LogP contribution in [0.4, 0.5) is 0 Å². The average Bonchev–Trinajstić information content (AvgIpc) is 3.00. The number of benzene rings is 1. The average molecular weight is 388 g/mol. The van der Waals surface area contributed by atoms with Gasteiger partial charge in [0.15, 0.2) is 11.5 Å². The van der Waals surface area contributed by atoms with Crippen LogP contribution in [0.1, 0.15) is 50.7 Å². The molecule has 1 aromatic carbocycles. The summed E-state index contributed by atoms with van der Waals surface area (Å²) < 4.78 is 12.6. The van der Waals surface area contributed by atoms with Crippen molar-refractivity contribution in [2.24, 2.45) is 11.8 Å². The van der Waals surface area contributed by atoms with Gasteiger partial charge in [0.1, 0.15) is 12.2 Å². The lowest BCUT2D eigenvalue weighted by Gasteiger charge is -2.61. The van der Waals surface area contributed by atoms with E-state index >= 15 is 0 Å². The monoisotopic (exact) mass is 387 g/mol. The maximum atomic E-state index is 11.4. The summed E-state index contributed by atoms with van der Waals surface area (Å²) in [4.78, 5) is 2.50. The minimum Gasteiger partial charge on any atom is -0.504 e. The van der Waals surface area contributed by atoms with Crippen LogP contribution in [-0.2, 0) is 16.6 Å². The van der Waals surface area contributed by atoms with E-state index in [9.17, 15) is 10.2 Å². The van der Waals surface area contributed by atoms with Crippen molar-refractivity contribution in [2.45, 2.75) is 75.2 Å². The van der Waals surface area contributed by atoms with Gasteiger partial charge in [-0.1, -0.05) is 19.4 Å². The number of aliphatic hydroxyl groups is 1. The highest BCUT2D eigenvalue weighted by Crippen LogP contribution is 2.65. The van der Waals surface area contributed by atoms with Crippen LogP contribution in [0.25, 0.3) is 0 Å². The van der Waals surface area contributed by atoms with Gasteiger partial charge in [0.2, 0.25) is 0 Å². The molecule has 0 aromatic heterocycles. The molecule has 1 saturated carbocycles. The standard InChI is InChI=1S/C23H33NO4/c1-5-8-22(2,26)15-12-14-16-11-13-6-7-17(25)20-18(13)23(14,9-10-24(16)3)21(28-20)19(15)27-4/h6-7,14-16,19,21,25-26H,5,8-12H2,1-4H3/t14?,15-,16+,19?,21-,22?,23-/m0/s1. The fourth-order valence-corrected chi connectivity index (χ4v) is 7.27. The Labute approximate surface area is 167 Å². The maximum Gasteiger partial charge on any atom is 0.165 e. The summed E-state index contributed by atoms with van der Waals surface area (Å²) in [5.41, 5.74) is 1.65. The van der Waals surface area contributed by atoms with Crippen LogP contribution in [0.5, 0.6) is 11.5 Å². The molecule has 1 saturated heterocycles. The largest absolute Gasteiger partial charge is 0.504 e. The molecule has 2 aliphatic heterocycles. The Bertz CT molecular complexity index is 793. The minimum absolute atomic E-state index is 0.0209. The Hall–Kier alpha value is -1.30. The molecule has 4 aliphatic rings. The predicted molar refractivity (Wildman–Crippen MR) is 107 cm³/mol. The third kappa shape index (κ3) is 2.18. The Morgan fingerprint density at radius 1 is 1.39 bits per heavy atom. The first-order valence-corrected chi connectivity index (χ1v) is 10.8. The number of hydrogen-bond acceptors (Lipinski definition) is 5. The molecule has 3 unspecified atom stereocenters. The summed E-state index contributed by atoms with van der Waals surface area (Å²) in [5, 5.41) is 22.0. The number of phenols is 1. The lowest BCUT2D eigenvalue weighted by atomic mass is 9.48. The Balaban J connectivity index is 1.69. The second kappa shape index (κ2) is 6.10. The van der Waals surface area contributed by atoms with Gasteiger partial charge in [-0.05, 0) is 63.7 Å². The maximum absolute atomic E-state index is 11.4. The second-order valence-electron chi connectivity index (χ2n) is 9.79. The molecule has 5 rings (SSSR count). The molecule has 1 spiro atoms. The zero-order valence-electron chi connectivity index (χ0n) is 17.4. The van der Waals surface area contributed by atoms with Gasteiger partial charge in [-0.3, -0.25) is 0 Å². The highest BCUT2D eigenvalue weighted by Gasteiger charge is 2.68. The van der Waals surface area contributed by atoms with E-state index in [4.69, 9.17) is 9.47 Å². The van der Waals surface area contributed by atoms with E-state index in [0.29, 0.717) is 17.7 Å². The first-order chi connectivity index (χ1) is 13.3. The van der Waals surface area contributed by atoms with Crippen LogP contribution in [0.2, 0.25) is 0 Å². The van der Waals surface area contributed by atoms with E-state index in [2.05, 4.69) is 24.9 Å². The summed E-state index contributed by atoms with van der Waals surface area (Å²) in [7, 11) is 3.98. The first kappa shape index (κ1) is 18.7. The molecule has 7 atom stereocenters. The van der Waals surface area contributed by atoms with E-state index in [1.54, 1.807) is 13.2 Å². The van der Waals surface area contributed by atoms with Gasteiger partial charge < -0.3 is 24.6 Å². The number of hydrogen-bond donors (Lipinski definition) is 2. The van der Waals surface area contributed by atoms with Crippen LogP contribution in [-0.4, -0.2) is 59.7 Å². The second-order valence-corrected chi connectivity index (χ2v) is 9.79. The molecule has 2 N–H and O–H groups in total. The van der Waals surface area contributed by atoms with Gasteiger partial charge in [0, 0.05) is 30.0 Å². The van der Waals surface area contributed by atoms with Crippen LogP contribution in [0.15, 0.2) is 12.1 Å². The molecule has 154 valence electrons. The summed E-state index contributed by atoms with van der Waals surface area (Å²) in [5.74, 6) is 1.35. The third-order valence-electron chi connectivity index (χ3n) is 8.47. The summed E-state index contributed by atoms with van der Waals surface area (Å²) in [6.07, 6.45) is 4.31. The van der Waals surface area contributed by atoms with Crippen molar-refractivity contribution in [2.75, 3.05) is 20.7 Å². The Kier molecular flexibility index (Phi) is 4.08. The third-order valence-corrected chi connectivity index (χ3v) is 8.47. The van der Waals surface area contributed by atoms with E-state index in [-0.39, 0.29) is 29.3 Å². The first-order valence-electron chi connectivity index (χ1n) is 10.8. The zero-order valence-corrected chi connectivity index (χ0v) is 17.4. The molecule has 5 heteroatoms. The smallest absolute Gasteiger partial charge is 0.165 e. The quantitative estimate of drug-likeness (QED) is 0.832. The van der Waals surface area contributed by atoms with Crippen molar-refractivity contribution in [1.29, 1.82) is 0 Å². The normalized spacial score (nSPS) is 40.5. The highest BCUT2D eigenvalue weighted by atomic mass is 16.5. The number of ether oxygens (including phenoxy) is 2. The van der Waals surface area contributed by atoms with E-state index in [0.717, 1.165) is 38.6 Å². The predicted octanol–water partition coefficient (Wildman–Crippen LogP) is 2.85. The van der Waals surface area contributed by atoms with Gasteiger partial charge in [-0.15, -0.1) is 0 Å². The molecular weight excluding hydrogens is 354 g/mol. The number of likely N-dealkylation sites (tertiary alicyclic amines) is 1. The molecule has 0 radical (unpaired) electrons. The van der Waals surface area contributed by atoms with Crippen LogP contribution in [0, 0.1) is 11.8 Å². The Morgan fingerprint density at radius 3 is 2.89 bits per heavy atom. The molecule has 2 fully saturated rings. The van der Waals surface area contributed by atoms with Crippen molar-refractivity contribution < 1.29 is 19.7 Å². The number of nitrogens with zero attached hydrogens (tertiary/aromatic N) is 1. The van der Waals surface area contributed by atoms with Crippen molar-refractivity contribution in [1.82, 2.24) is 4.90 Å². The summed E-state index contributed by atoms with van der Waals surface area (Å²) in [6, 6.07) is 4.32. The molecule has 2 aliphatic carbocycles. The molecule has 1 aromatic rings. The fourth-order valence-electron chi connectivity index (χ4n) is 7.27. The van der Waals surface area contributed by atoms with Gasteiger partial charge in [0.25, 0.3) is 0 Å². The lowest BCUT2D eigenvalue weighted by molar-refractivity contribution is -0.182. The topological polar surface area (TPSA) is 62.2 Å². The molecule has 2 bridgehead atoms. The molecule has 5 nitrogen and oxygen atoms in total. The van der Waals surface area contributed by atoms with Gasteiger partial charge in [0.05, 0.1) is 5.60 Å². The molecule has 0 amide bonds. The van der Waals surface area contributed by atoms with Crippen LogP contribution >= 0.6 is 0 Å².